The first-order valence-electron chi connectivity index (χ1n) is 5.86. The molecule has 0 atom stereocenters. The molecule has 0 N–H and O–H groups in total. The van der Waals surface area contributed by atoms with Gasteiger partial charge in [-0.25, -0.2) is 0 Å². The highest BCUT2D eigenvalue weighted by atomic mass is 14.3. The van der Waals surface area contributed by atoms with Crippen LogP contribution in [0.5, 0.6) is 0 Å². The zero-order chi connectivity index (χ0) is 9.68. The monoisotopic (exact) mass is 180 g/mol. The summed E-state index contributed by atoms with van der Waals surface area (Å²) in [5.74, 6) is 2.01. The molecule has 1 saturated carbocycles. The second-order valence-electron chi connectivity index (χ2n) is 4.84. The fourth-order valence-electron chi connectivity index (χ4n) is 2.63. The molecule has 0 heteroatoms. The van der Waals surface area contributed by atoms with Crippen molar-refractivity contribution >= 4 is 0 Å². The summed E-state index contributed by atoms with van der Waals surface area (Å²) in [6, 6.07) is 0. The van der Waals surface area contributed by atoms with Crippen LogP contribution in [0, 0.1) is 11.8 Å². The fraction of sp³-hybridized carbons (Fsp3) is 0.846. The third-order valence-electron chi connectivity index (χ3n) is 3.30. The third kappa shape index (κ3) is 3.97. The zero-order valence-electron chi connectivity index (χ0n) is 9.31. The molecule has 0 spiro atoms. The fourth-order valence-corrected chi connectivity index (χ4v) is 2.63. The molecule has 0 heterocycles. The van der Waals surface area contributed by atoms with Crippen LogP contribution in [-0.4, -0.2) is 0 Å². The number of hydrogen-bond acceptors (Lipinski definition) is 0. The Hall–Kier alpha value is -0.260. The second kappa shape index (κ2) is 5.47. The SMILES string of the molecule is C=C(C)CC1CCC(CCC)CC1. The lowest BCUT2D eigenvalue weighted by Crippen LogP contribution is -2.14. The van der Waals surface area contributed by atoms with Crippen LogP contribution in [0.25, 0.3) is 0 Å². The Balaban J connectivity index is 2.18. The molecule has 1 aliphatic rings. The number of hydrogen-bond donors (Lipinski definition) is 0. The lowest BCUT2D eigenvalue weighted by atomic mass is 9.78. The molecular weight excluding hydrogens is 156 g/mol. The van der Waals surface area contributed by atoms with Crippen molar-refractivity contribution in [1.82, 2.24) is 0 Å². The van der Waals surface area contributed by atoms with Crippen molar-refractivity contribution in [1.29, 1.82) is 0 Å². The maximum absolute atomic E-state index is 4.00. The maximum atomic E-state index is 4.00. The minimum Gasteiger partial charge on any atom is -0.100 e. The Bertz CT molecular complexity index is 149. The molecule has 0 radical (unpaired) electrons. The average molecular weight is 180 g/mol. The van der Waals surface area contributed by atoms with E-state index >= 15 is 0 Å². The molecule has 1 fully saturated rings. The van der Waals surface area contributed by atoms with Gasteiger partial charge >= 0.3 is 0 Å². The Morgan fingerprint density at radius 1 is 1.15 bits per heavy atom. The van der Waals surface area contributed by atoms with Gasteiger partial charge in [0.1, 0.15) is 0 Å². The molecule has 76 valence electrons. The van der Waals surface area contributed by atoms with Crippen LogP contribution in [0.2, 0.25) is 0 Å². The van der Waals surface area contributed by atoms with Crippen LogP contribution in [0.4, 0.5) is 0 Å². The van der Waals surface area contributed by atoms with Gasteiger partial charge in [-0.2, -0.15) is 0 Å². The van der Waals surface area contributed by atoms with Crippen LogP contribution in [-0.2, 0) is 0 Å². The zero-order valence-corrected chi connectivity index (χ0v) is 9.31. The predicted octanol–water partition coefficient (Wildman–Crippen LogP) is 4.56. The summed E-state index contributed by atoms with van der Waals surface area (Å²) in [4.78, 5) is 0. The molecule has 1 rings (SSSR count). The van der Waals surface area contributed by atoms with Gasteiger partial charge in [-0.3, -0.25) is 0 Å². The standard InChI is InChI=1S/C13H24/c1-4-5-12-6-8-13(9-7-12)10-11(2)3/h12-13H,2,4-10H2,1,3H3. The highest BCUT2D eigenvalue weighted by Gasteiger charge is 2.19. The summed E-state index contributed by atoms with van der Waals surface area (Å²) in [5, 5.41) is 0. The summed E-state index contributed by atoms with van der Waals surface area (Å²) in [7, 11) is 0. The van der Waals surface area contributed by atoms with Crippen LogP contribution >= 0.6 is 0 Å². The van der Waals surface area contributed by atoms with E-state index < -0.39 is 0 Å². The van der Waals surface area contributed by atoms with E-state index in [1.54, 1.807) is 0 Å². The van der Waals surface area contributed by atoms with Gasteiger partial charge in [0.05, 0.1) is 0 Å². The summed E-state index contributed by atoms with van der Waals surface area (Å²) < 4.78 is 0. The van der Waals surface area contributed by atoms with Crippen molar-refractivity contribution < 1.29 is 0 Å². The molecule has 0 nitrogen and oxygen atoms in total. The van der Waals surface area contributed by atoms with Gasteiger partial charge in [-0.1, -0.05) is 38.2 Å². The van der Waals surface area contributed by atoms with Crippen LogP contribution in [0.3, 0.4) is 0 Å². The molecule has 0 aromatic heterocycles. The summed E-state index contributed by atoms with van der Waals surface area (Å²) in [5.41, 5.74) is 1.37. The van der Waals surface area contributed by atoms with E-state index in [9.17, 15) is 0 Å². The van der Waals surface area contributed by atoms with Gasteiger partial charge in [-0.05, 0) is 38.0 Å². The van der Waals surface area contributed by atoms with E-state index in [0.717, 1.165) is 11.8 Å². The molecule has 0 saturated heterocycles. The van der Waals surface area contributed by atoms with E-state index in [4.69, 9.17) is 0 Å². The maximum Gasteiger partial charge on any atom is -0.0297 e. The highest BCUT2D eigenvalue weighted by Crippen LogP contribution is 2.34. The van der Waals surface area contributed by atoms with Crippen molar-refractivity contribution in [3.05, 3.63) is 12.2 Å². The van der Waals surface area contributed by atoms with Crippen molar-refractivity contribution in [3.8, 4) is 0 Å². The minimum atomic E-state index is 0.964. The number of allylic oxidation sites excluding steroid dienone is 1. The van der Waals surface area contributed by atoms with E-state index in [1.165, 1.54) is 50.5 Å². The summed E-state index contributed by atoms with van der Waals surface area (Å²) in [6.45, 7) is 8.47. The normalized spacial score (nSPS) is 28.8. The molecule has 0 aliphatic heterocycles. The third-order valence-corrected chi connectivity index (χ3v) is 3.30. The Kier molecular flexibility index (Phi) is 4.55. The van der Waals surface area contributed by atoms with Crippen molar-refractivity contribution in [2.75, 3.05) is 0 Å². The highest BCUT2D eigenvalue weighted by molar-refractivity contribution is 4.91. The summed E-state index contributed by atoms with van der Waals surface area (Å²) in [6.07, 6.45) is 9.97. The first kappa shape index (κ1) is 10.8. The van der Waals surface area contributed by atoms with Gasteiger partial charge in [0.15, 0.2) is 0 Å². The second-order valence-corrected chi connectivity index (χ2v) is 4.84. The van der Waals surface area contributed by atoms with Gasteiger partial charge in [-0.15, -0.1) is 6.58 Å². The van der Waals surface area contributed by atoms with Gasteiger partial charge in [0.2, 0.25) is 0 Å². The molecular formula is C13H24. The van der Waals surface area contributed by atoms with E-state index in [0.29, 0.717) is 0 Å². The van der Waals surface area contributed by atoms with Crippen molar-refractivity contribution in [2.45, 2.75) is 58.8 Å². The van der Waals surface area contributed by atoms with E-state index in [-0.39, 0.29) is 0 Å². The smallest absolute Gasteiger partial charge is 0.0297 e. The van der Waals surface area contributed by atoms with E-state index in [1.807, 2.05) is 0 Å². The van der Waals surface area contributed by atoms with Crippen LogP contribution < -0.4 is 0 Å². The Morgan fingerprint density at radius 2 is 1.69 bits per heavy atom. The lowest BCUT2D eigenvalue weighted by molar-refractivity contribution is 0.261. The minimum absolute atomic E-state index is 0.964. The first-order valence-corrected chi connectivity index (χ1v) is 5.86. The molecule has 0 aromatic carbocycles. The first-order chi connectivity index (χ1) is 6.22. The van der Waals surface area contributed by atoms with Crippen molar-refractivity contribution in [2.24, 2.45) is 11.8 Å². The van der Waals surface area contributed by atoms with Gasteiger partial charge in [0, 0.05) is 0 Å². The topological polar surface area (TPSA) is 0 Å². The summed E-state index contributed by atoms with van der Waals surface area (Å²) >= 11 is 0. The Labute approximate surface area is 83.4 Å². The lowest BCUT2D eigenvalue weighted by Gasteiger charge is -2.28. The largest absolute Gasteiger partial charge is 0.100 e. The van der Waals surface area contributed by atoms with Crippen LogP contribution in [0.1, 0.15) is 58.8 Å². The molecule has 0 amide bonds. The molecule has 0 bridgehead atoms. The Morgan fingerprint density at radius 3 is 2.15 bits per heavy atom. The molecule has 0 aromatic rings. The molecule has 1 aliphatic carbocycles. The van der Waals surface area contributed by atoms with Gasteiger partial charge < -0.3 is 0 Å². The molecule has 13 heavy (non-hydrogen) atoms. The number of rotatable bonds is 4. The average Bonchev–Trinajstić information content (AvgIpc) is 2.08. The predicted molar refractivity (Wildman–Crippen MR) is 59.8 cm³/mol. The quantitative estimate of drug-likeness (QED) is 0.556. The molecule has 0 unspecified atom stereocenters. The van der Waals surface area contributed by atoms with Gasteiger partial charge in [0.25, 0.3) is 0 Å². The van der Waals surface area contributed by atoms with Crippen LogP contribution in [0.15, 0.2) is 12.2 Å². The van der Waals surface area contributed by atoms with Crippen molar-refractivity contribution in [3.63, 3.8) is 0 Å². The van der Waals surface area contributed by atoms with E-state index in [2.05, 4.69) is 20.4 Å².